The Balaban J connectivity index is 2.28. The molecule has 2 atom stereocenters. The van der Waals surface area contributed by atoms with Gasteiger partial charge in [-0.15, -0.1) is 0 Å². The first kappa shape index (κ1) is 12.0. The maximum Gasteiger partial charge on any atom is 0.00721 e. The van der Waals surface area contributed by atoms with Gasteiger partial charge in [0.25, 0.3) is 0 Å². The molecule has 84 valence electrons. The minimum Gasteiger partial charge on any atom is -0.311 e. The quantitative estimate of drug-likeness (QED) is 0.726. The van der Waals surface area contributed by atoms with Crippen molar-refractivity contribution in [1.29, 1.82) is 0 Å². The van der Waals surface area contributed by atoms with E-state index in [1.54, 1.807) is 0 Å². The molecule has 14 heavy (non-hydrogen) atoms. The fourth-order valence-corrected chi connectivity index (χ4v) is 2.62. The van der Waals surface area contributed by atoms with Gasteiger partial charge in [0.1, 0.15) is 0 Å². The molecule has 0 bridgehead atoms. The van der Waals surface area contributed by atoms with Gasteiger partial charge in [0.2, 0.25) is 0 Å². The Morgan fingerprint density at radius 1 is 0.929 bits per heavy atom. The standard InChI is InChI=1S/C13H27N/c1-10(2)8-12-6-5-7-13(14-12)9-11(3)4/h10-14H,5-9H2,1-4H3/t12-,13+. The first-order valence-corrected chi connectivity index (χ1v) is 6.34. The van der Waals surface area contributed by atoms with Crippen LogP contribution < -0.4 is 5.32 Å². The summed E-state index contributed by atoms with van der Waals surface area (Å²) in [6.45, 7) is 9.31. The summed E-state index contributed by atoms with van der Waals surface area (Å²) in [6.07, 6.45) is 6.94. The smallest absolute Gasteiger partial charge is 0.00721 e. The van der Waals surface area contributed by atoms with Crippen molar-refractivity contribution in [3.8, 4) is 0 Å². The molecule has 1 N–H and O–H groups in total. The lowest BCUT2D eigenvalue weighted by molar-refractivity contribution is 0.262. The Kier molecular flexibility index (Phi) is 4.94. The molecule has 0 aromatic rings. The van der Waals surface area contributed by atoms with Crippen LogP contribution in [0.15, 0.2) is 0 Å². The molecule has 0 amide bonds. The highest BCUT2D eigenvalue weighted by atomic mass is 15.0. The minimum atomic E-state index is 0.799. The van der Waals surface area contributed by atoms with Gasteiger partial charge < -0.3 is 5.32 Å². The monoisotopic (exact) mass is 197 g/mol. The Labute approximate surface area is 89.7 Å². The molecule has 0 radical (unpaired) electrons. The third-order valence-corrected chi connectivity index (χ3v) is 3.09. The number of piperidine rings is 1. The van der Waals surface area contributed by atoms with Crippen LogP contribution in [0.5, 0.6) is 0 Å². The molecule has 1 heteroatoms. The van der Waals surface area contributed by atoms with Crippen LogP contribution in [0.1, 0.15) is 59.8 Å². The van der Waals surface area contributed by atoms with Crippen LogP contribution in [-0.4, -0.2) is 12.1 Å². The van der Waals surface area contributed by atoms with E-state index in [2.05, 4.69) is 33.0 Å². The van der Waals surface area contributed by atoms with Gasteiger partial charge in [0.05, 0.1) is 0 Å². The van der Waals surface area contributed by atoms with Crippen LogP contribution in [-0.2, 0) is 0 Å². The SMILES string of the molecule is CC(C)C[C@H]1CCC[C@@H](CC(C)C)N1. The number of nitrogens with one attached hydrogen (secondary N) is 1. The predicted molar refractivity (Wildman–Crippen MR) is 63.5 cm³/mol. The van der Waals surface area contributed by atoms with Crippen LogP contribution >= 0.6 is 0 Å². The third kappa shape index (κ3) is 4.45. The molecule has 0 spiro atoms. The van der Waals surface area contributed by atoms with Gasteiger partial charge in [-0.05, 0) is 37.5 Å². The van der Waals surface area contributed by atoms with Crippen molar-refractivity contribution in [2.75, 3.05) is 0 Å². The van der Waals surface area contributed by atoms with Crippen molar-refractivity contribution in [2.24, 2.45) is 11.8 Å². The Hall–Kier alpha value is -0.0400. The Bertz CT molecular complexity index is 135. The predicted octanol–water partition coefficient (Wildman–Crippen LogP) is 3.59. The zero-order valence-corrected chi connectivity index (χ0v) is 10.3. The molecule has 1 saturated heterocycles. The lowest BCUT2D eigenvalue weighted by Gasteiger charge is -2.33. The van der Waals surface area contributed by atoms with Gasteiger partial charge in [-0.1, -0.05) is 34.1 Å². The molecule has 1 aliphatic heterocycles. The van der Waals surface area contributed by atoms with E-state index in [9.17, 15) is 0 Å². The molecular weight excluding hydrogens is 170 g/mol. The molecule has 0 unspecified atom stereocenters. The summed E-state index contributed by atoms with van der Waals surface area (Å²) < 4.78 is 0. The van der Waals surface area contributed by atoms with Gasteiger partial charge in [0, 0.05) is 12.1 Å². The van der Waals surface area contributed by atoms with Gasteiger partial charge >= 0.3 is 0 Å². The van der Waals surface area contributed by atoms with E-state index in [1.807, 2.05) is 0 Å². The van der Waals surface area contributed by atoms with E-state index in [4.69, 9.17) is 0 Å². The van der Waals surface area contributed by atoms with Gasteiger partial charge in [-0.3, -0.25) is 0 Å². The summed E-state index contributed by atoms with van der Waals surface area (Å²) in [5.41, 5.74) is 0. The number of hydrogen-bond acceptors (Lipinski definition) is 1. The largest absolute Gasteiger partial charge is 0.311 e. The highest BCUT2D eigenvalue weighted by Gasteiger charge is 2.21. The second-order valence-electron chi connectivity index (χ2n) is 5.75. The molecule has 1 rings (SSSR count). The zero-order chi connectivity index (χ0) is 10.6. The summed E-state index contributed by atoms with van der Waals surface area (Å²) in [5.74, 6) is 1.68. The van der Waals surface area contributed by atoms with Crippen molar-refractivity contribution >= 4 is 0 Å². The lowest BCUT2D eigenvalue weighted by atomic mass is 9.89. The van der Waals surface area contributed by atoms with Gasteiger partial charge in [-0.2, -0.15) is 0 Å². The zero-order valence-electron chi connectivity index (χ0n) is 10.3. The first-order chi connectivity index (χ1) is 6.58. The fraction of sp³-hybridized carbons (Fsp3) is 1.00. The van der Waals surface area contributed by atoms with Crippen molar-refractivity contribution in [1.82, 2.24) is 5.32 Å². The van der Waals surface area contributed by atoms with Crippen molar-refractivity contribution in [2.45, 2.75) is 71.9 Å². The highest BCUT2D eigenvalue weighted by molar-refractivity contribution is 4.81. The number of rotatable bonds is 4. The summed E-state index contributed by atoms with van der Waals surface area (Å²) in [6, 6.07) is 1.60. The molecule has 0 aromatic heterocycles. The molecule has 0 aromatic carbocycles. The second kappa shape index (κ2) is 5.75. The summed E-state index contributed by atoms with van der Waals surface area (Å²) in [7, 11) is 0. The first-order valence-electron chi connectivity index (χ1n) is 6.34. The topological polar surface area (TPSA) is 12.0 Å². The van der Waals surface area contributed by atoms with E-state index in [0.717, 1.165) is 23.9 Å². The van der Waals surface area contributed by atoms with E-state index < -0.39 is 0 Å². The number of hydrogen-bond donors (Lipinski definition) is 1. The summed E-state index contributed by atoms with van der Waals surface area (Å²) in [5, 5.41) is 3.82. The molecule has 1 nitrogen and oxygen atoms in total. The van der Waals surface area contributed by atoms with E-state index in [1.165, 1.54) is 32.1 Å². The third-order valence-electron chi connectivity index (χ3n) is 3.09. The minimum absolute atomic E-state index is 0.799. The highest BCUT2D eigenvalue weighted by Crippen LogP contribution is 2.21. The van der Waals surface area contributed by atoms with Crippen LogP contribution in [0, 0.1) is 11.8 Å². The molecule has 1 heterocycles. The van der Waals surface area contributed by atoms with Gasteiger partial charge in [-0.25, -0.2) is 0 Å². The van der Waals surface area contributed by atoms with Crippen LogP contribution in [0.3, 0.4) is 0 Å². The summed E-state index contributed by atoms with van der Waals surface area (Å²) in [4.78, 5) is 0. The van der Waals surface area contributed by atoms with E-state index in [-0.39, 0.29) is 0 Å². The van der Waals surface area contributed by atoms with Crippen LogP contribution in [0.2, 0.25) is 0 Å². The summed E-state index contributed by atoms with van der Waals surface area (Å²) >= 11 is 0. The Morgan fingerprint density at radius 3 is 1.71 bits per heavy atom. The van der Waals surface area contributed by atoms with Crippen LogP contribution in [0.4, 0.5) is 0 Å². The maximum absolute atomic E-state index is 3.82. The maximum atomic E-state index is 3.82. The average molecular weight is 197 g/mol. The van der Waals surface area contributed by atoms with Crippen molar-refractivity contribution < 1.29 is 0 Å². The van der Waals surface area contributed by atoms with Crippen molar-refractivity contribution in [3.63, 3.8) is 0 Å². The Morgan fingerprint density at radius 2 is 1.36 bits per heavy atom. The molecule has 0 aliphatic carbocycles. The average Bonchev–Trinajstić information content (AvgIpc) is 2.01. The lowest BCUT2D eigenvalue weighted by Crippen LogP contribution is -2.43. The normalized spacial score (nSPS) is 28.7. The van der Waals surface area contributed by atoms with Crippen LogP contribution in [0.25, 0.3) is 0 Å². The second-order valence-corrected chi connectivity index (χ2v) is 5.75. The van der Waals surface area contributed by atoms with E-state index in [0.29, 0.717) is 0 Å². The molecular formula is C13H27N. The van der Waals surface area contributed by atoms with Crippen molar-refractivity contribution in [3.05, 3.63) is 0 Å². The molecule has 1 fully saturated rings. The van der Waals surface area contributed by atoms with Gasteiger partial charge in [0.15, 0.2) is 0 Å². The van der Waals surface area contributed by atoms with E-state index >= 15 is 0 Å². The molecule has 1 aliphatic rings. The fourth-order valence-electron chi connectivity index (χ4n) is 2.62. The molecule has 0 saturated carbocycles.